The van der Waals surface area contributed by atoms with Crippen LogP contribution in [0.3, 0.4) is 0 Å². The number of aromatic nitrogens is 1. The van der Waals surface area contributed by atoms with Gasteiger partial charge in [-0.25, -0.2) is 4.98 Å². The lowest BCUT2D eigenvalue weighted by Gasteiger charge is -2.03. The molecule has 1 aromatic rings. The fourth-order valence-electron chi connectivity index (χ4n) is 1.16. The van der Waals surface area contributed by atoms with Crippen molar-refractivity contribution in [2.45, 2.75) is 25.7 Å². The Kier molecular flexibility index (Phi) is 6.41. The van der Waals surface area contributed by atoms with E-state index in [0.717, 1.165) is 24.2 Å². The molecule has 0 aliphatic heterocycles. The van der Waals surface area contributed by atoms with Crippen molar-refractivity contribution in [3.8, 4) is 5.88 Å². The molecule has 0 spiro atoms. The van der Waals surface area contributed by atoms with Gasteiger partial charge < -0.3 is 4.74 Å². The molecule has 1 rings (SSSR count). The van der Waals surface area contributed by atoms with Gasteiger partial charge in [-0.1, -0.05) is 34.8 Å². The van der Waals surface area contributed by atoms with Crippen molar-refractivity contribution in [1.29, 1.82) is 0 Å². The van der Waals surface area contributed by atoms with Crippen molar-refractivity contribution < 1.29 is 4.74 Å². The van der Waals surface area contributed by atoms with Gasteiger partial charge in [0.15, 0.2) is 0 Å². The average molecular weight is 258 g/mol. The summed E-state index contributed by atoms with van der Waals surface area (Å²) in [6.45, 7) is 0.777. The minimum absolute atomic E-state index is 0.730. The van der Waals surface area contributed by atoms with E-state index in [4.69, 9.17) is 4.74 Å². The number of unbranched alkanes of at least 4 members (excludes halogenated alkanes) is 3. The highest BCUT2D eigenvalue weighted by Crippen LogP contribution is 2.06. The lowest BCUT2D eigenvalue weighted by atomic mass is 10.2. The Labute approximate surface area is 93.8 Å². The first-order valence-electron chi connectivity index (χ1n) is 5.03. The largest absolute Gasteiger partial charge is 0.478 e. The van der Waals surface area contributed by atoms with Crippen LogP contribution in [0.15, 0.2) is 24.4 Å². The molecule has 0 radical (unpaired) electrons. The van der Waals surface area contributed by atoms with Gasteiger partial charge in [0, 0.05) is 17.6 Å². The monoisotopic (exact) mass is 257 g/mol. The highest BCUT2D eigenvalue weighted by atomic mass is 79.9. The zero-order valence-electron chi connectivity index (χ0n) is 8.29. The number of pyridine rings is 1. The molecule has 1 heterocycles. The minimum atomic E-state index is 0.730. The normalized spacial score (nSPS) is 10.1. The van der Waals surface area contributed by atoms with Crippen LogP contribution in [0.5, 0.6) is 5.88 Å². The molecule has 0 saturated carbocycles. The molecule has 0 bridgehead atoms. The van der Waals surface area contributed by atoms with Crippen LogP contribution in [0, 0.1) is 0 Å². The van der Waals surface area contributed by atoms with Crippen LogP contribution in [0.25, 0.3) is 0 Å². The predicted octanol–water partition coefficient (Wildman–Crippen LogP) is 3.42. The highest BCUT2D eigenvalue weighted by Gasteiger charge is 1.93. The van der Waals surface area contributed by atoms with Gasteiger partial charge in [-0.05, 0) is 18.9 Å². The Morgan fingerprint density at radius 1 is 1.14 bits per heavy atom. The van der Waals surface area contributed by atoms with Crippen LogP contribution in [-0.4, -0.2) is 16.9 Å². The standard InChI is InChI=1S/C11H16BrNO/c12-8-4-1-2-6-10-14-11-7-3-5-9-13-11/h3,5,7,9H,1-2,4,6,8,10H2. The summed E-state index contributed by atoms with van der Waals surface area (Å²) in [5.74, 6) is 0.730. The van der Waals surface area contributed by atoms with Crippen molar-refractivity contribution in [3.63, 3.8) is 0 Å². The lowest BCUT2D eigenvalue weighted by molar-refractivity contribution is 0.294. The van der Waals surface area contributed by atoms with Gasteiger partial charge in [0.25, 0.3) is 0 Å². The summed E-state index contributed by atoms with van der Waals surface area (Å²) < 4.78 is 5.46. The van der Waals surface area contributed by atoms with Crippen LogP contribution >= 0.6 is 15.9 Å². The van der Waals surface area contributed by atoms with Crippen molar-refractivity contribution in [3.05, 3.63) is 24.4 Å². The fraction of sp³-hybridized carbons (Fsp3) is 0.545. The molecule has 1 aromatic heterocycles. The molecule has 0 amide bonds. The maximum absolute atomic E-state index is 5.46. The number of alkyl halides is 1. The van der Waals surface area contributed by atoms with E-state index in [1.165, 1.54) is 19.3 Å². The average Bonchev–Trinajstić information content (AvgIpc) is 2.25. The topological polar surface area (TPSA) is 22.1 Å². The highest BCUT2D eigenvalue weighted by molar-refractivity contribution is 9.09. The molecule has 0 unspecified atom stereocenters. The maximum Gasteiger partial charge on any atom is 0.213 e. The summed E-state index contributed by atoms with van der Waals surface area (Å²) in [6.07, 6.45) is 6.63. The van der Waals surface area contributed by atoms with Crippen LogP contribution in [0.2, 0.25) is 0 Å². The summed E-state index contributed by atoms with van der Waals surface area (Å²) in [7, 11) is 0. The van der Waals surface area contributed by atoms with Gasteiger partial charge in [-0.15, -0.1) is 0 Å². The molecule has 2 nitrogen and oxygen atoms in total. The Morgan fingerprint density at radius 3 is 2.71 bits per heavy atom. The van der Waals surface area contributed by atoms with Gasteiger partial charge in [-0.2, -0.15) is 0 Å². The second-order valence-corrected chi connectivity index (χ2v) is 3.91. The van der Waals surface area contributed by atoms with Crippen LogP contribution in [0.1, 0.15) is 25.7 Å². The summed E-state index contributed by atoms with van der Waals surface area (Å²) in [6, 6.07) is 5.72. The van der Waals surface area contributed by atoms with Gasteiger partial charge >= 0.3 is 0 Å². The quantitative estimate of drug-likeness (QED) is 0.552. The molecular weight excluding hydrogens is 242 g/mol. The van der Waals surface area contributed by atoms with Gasteiger partial charge in [-0.3, -0.25) is 0 Å². The Bertz CT molecular complexity index is 228. The molecule has 14 heavy (non-hydrogen) atoms. The van der Waals surface area contributed by atoms with Crippen molar-refractivity contribution in [2.75, 3.05) is 11.9 Å². The van der Waals surface area contributed by atoms with Crippen molar-refractivity contribution in [2.24, 2.45) is 0 Å². The molecule has 3 heteroatoms. The van der Waals surface area contributed by atoms with E-state index in [1.54, 1.807) is 6.20 Å². The second-order valence-electron chi connectivity index (χ2n) is 3.12. The van der Waals surface area contributed by atoms with Crippen molar-refractivity contribution >= 4 is 15.9 Å². The minimum Gasteiger partial charge on any atom is -0.478 e. The van der Waals surface area contributed by atoms with Gasteiger partial charge in [0.1, 0.15) is 0 Å². The summed E-state index contributed by atoms with van der Waals surface area (Å²) in [4.78, 5) is 4.08. The molecule has 0 saturated heterocycles. The van der Waals surface area contributed by atoms with E-state index < -0.39 is 0 Å². The first-order valence-corrected chi connectivity index (χ1v) is 6.15. The molecule has 0 aliphatic rings. The van der Waals surface area contributed by atoms with Gasteiger partial charge in [0.2, 0.25) is 5.88 Å². The molecule has 0 fully saturated rings. The van der Waals surface area contributed by atoms with Crippen LogP contribution in [0.4, 0.5) is 0 Å². The number of nitrogens with zero attached hydrogens (tertiary/aromatic N) is 1. The van der Waals surface area contributed by atoms with E-state index in [2.05, 4.69) is 20.9 Å². The number of hydrogen-bond donors (Lipinski definition) is 0. The molecule has 0 aromatic carbocycles. The first-order chi connectivity index (χ1) is 6.93. The van der Waals surface area contributed by atoms with Crippen molar-refractivity contribution in [1.82, 2.24) is 4.98 Å². The van der Waals surface area contributed by atoms with E-state index in [1.807, 2.05) is 18.2 Å². The smallest absolute Gasteiger partial charge is 0.213 e. The second kappa shape index (κ2) is 7.80. The predicted molar refractivity (Wildman–Crippen MR) is 62.0 cm³/mol. The van der Waals surface area contributed by atoms with E-state index in [0.29, 0.717) is 0 Å². The van der Waals surface area contributed by atoms with E-state index >= 15 is 0 Å². The maximum atomic E-state index is 5.46. The fourth-order valence-corrected chi connectivity index (χ4v) is 1.56. The number of halogens is 1. The summed E-state index contributed by atoms with van der Waals surface area (Å²) in [5.41, 5.74) is 0. The van der Waals surface area contributed by atoms with E-state index in [-0.39, 0.29) is 0 Å². The first kappa shape index (κ1) is 11.5. The Morgan fingerprint density at radius 2 is 2.00 bits per heavy atom. The number of hydrogen-bond acceptors (Lipinski definition) is 2. The molecule has 0 atom stereocenters. The Balaban J connectivity index is 1.99. The molecule has 0 aliphatic carbocycles. The number of ether oxygens (including phenoxy) is 1. The number of rotatable bonds is 7. The van der Waals surface area contributed by atoms with Crippen LogP contribution in [-0.2, 0) is 0 Å². The summed E-state index contributed by atoms with van der Waals surface area (Å²) >= 11 is 3.41. The van der Waals surface area contributed by atoms with E-state index in [9.17, 15) is 0 Å². The molecular formula is C11H16BrNO. The van der Waals surface area contributed by atoms with Crippen LogP contribution < -0.4 is 4.74 Å². The molecule has 78 valence electrons. The van der Waals surface area contributed by atoms with Gasteiger partial charge in [0.05, 0.1) is 6.61 Å². The zero-order valence-corrected chi connectivity index (χ0v) is 9.87. The lowest BCUT2D eigenvalue weighted by Crippen LogP contribution is -1.98. The third-order valence-electron chi connectivity index (χ3n) is 1.92. The third kappa shape index (κ3) is 5.22. The zero-order chi connectivity index (χ0) is 10.1. The SMILES string of the molecule is BrCCCCCCOc1ccccn1. The third-order valence-corrected chi connectivity index (χ3v) is 2.48. The summed E-state index contributed by atoms with van der Waals surface area (Å²) in [5, 5.41) is 1.11. The molecule has 0 N–H and O–H groups in total. The Hall–Kier alpha value is -0.570.